The molecule has 2 rings (SSSR count). The Bertz CT molecular complexity index is 959. The molecule has 1 amide bonds. The van der Waals surface area contributed by atoms with Gasteiger partial charge in [-0.25, -0.2) is 8.42 Å². The molecule has 6 nitrogen and oxygen atoms in total. The Morgan fingerprint density at radius 3 is 2.31 bits per heavy atom. The minimum Gasteiger partial charge on any atom is -0.491 e. The summed E-state index contributed by atoms with van der Waals surface area (Å²) < 4.78 is 31.6. The highest BCUT2D eigenvalue weighted by molar-refractivity contribution is 7.92. The first-order chi connectivity index (χ1) is 13.5. The average molecular weight is 439 g/mol. The van der Waals surface area contributed by atoms with Gasteiger partial charge in [-0.3, -0.25) is 9.10 Å². The van der Waals surface area contributed by atoms with Gasteiger partial charge in [-0.15, -0.1) is 0 Å². The van der Waals surface area contributed by atoms with E-state index in [1.54, 1.807) is 32.0 Å². The minimum absolute atomic E-state index is 0.0818. The first-order valence-corrected chi connectivity index (χ1v) is 11.5. The van der Waals surface area contributed by atoms with Crippen molar-refractivity contribution in [2.45, 2.75) is 46.4 Å². The highest BCUT2D eigenvalue weighted by Crippen LogP contribution is 2.28. The second-order valence-corrected chi connectivity index (χ2v) is 9.49. The first-order valence-electron chi connectivity index (χ1n) is 9.28. The molecule has 1 atom stereocenters. The van der Waals surface area contributed by atoms with Crippen LogP contribution in [0.5, 0.6) is 5.75 Å². The molecule has 1 N–H and O–H groups in total. The van der Waals surface area contributed by atoms with E-state index in [0.29, 0.717) is 16.3 Å². The van der Waals surface area contributed by atoms with E-state index in [4.69, 9.17) is 16.3 Å². The molecule has 0 fully saturated rings. The van der Waals surface area contributed by atoms with Crippen molar-refractivity contribution in [3.63, 3.8) is 0 Å². The number of aryl methyl sites for hydroxylation is 1. The molecular weight excluding hydrogens is 412 g/mol. The van der Waals surface area contributed by atoms with Crippen LogP contribution >= 0.6 is 11.6 Å². The maximum Gasteiger partial charge on any atom is 0.243 e. The third-order valence-electron chi connectivity index (χ3n) is 4.26. The van der Waals surface area contributed by atoms with E-state index in [9.17, 15) is 13.2 Å². The zero-order valence-corrected chi connectivity index (χ0v) is 18.8. The third kappa shape index (κ3) is 6.37. The lowest BCUT2D eigenvalue weighted by molar-refractivity contribution is -0.122. The SMILES string of the molecule is Cc1ccc(Cl)cc1N([C@@H](C)C(=O)NCc1ccc(OC(C)C)cc1)S(C)(=O)=O. The molecule has 0 saturated carbocycles. The van der Waals surface area contributed by atoms with Gasteiger partial charge >= 0.3 is 0 Å². The maximum atomic E-state index is 12.7. The van der Waals surface area contributed by atoms with Crippen LogP contribution in [0.2, 0.25) is 5.02 Å². The summed E-state index contributed by atoms with van der Waals surface area (Å²) in [6, 6.07) is 11.4. The molecule has 0 heterocycles. The predicted octanol–water partition coefficient (Wildman–Crippen LogP) is 3.91. The van der Waals surface area contributed by atoms with Gasteiger partial charge in [-0.2, -0.15) is 0 Å². The lowest BCUT2D eigenvalue weighted by Crippen LogP contribution is -2.48. The number of ether oxygens (including phenoxy) is 1. The van der Waals surface area contributed by atoms with E-state index < -0.39 is 22.0 Å². The molecule has 0 saturated heterocycles. The van der Waals surface area contributed by atoms with Gasteiger partial charge in [-0.05, 0) is 63.1 Å². The van der Waals surface area contributed by atoms with Gasteiger partial charge in [0.25, 0.3) is 0 Å². The normalized spacial score (nSPS) is 12.5. The van der Waals surface area contributed by atoms with Crippen LogP contribution in [0, 0.1) is 6.92 Å². The number of nitrogens with one attached hydrogen (secondary N) is 1. The molecule has 0 spiro atoms. The number of rotatable bonds is 8. The van der Waals surface area contributed by atoms with Crippen molar-refractivity contribution in [1.29, 1.82) is 0 Å². The second-order valence-electron chi connectivity index (χ2n) is 7.19. The Hall–Kier alpha value is -2.25. The van der Waals surface area contributed by atoms with Gasteiger partial charge in [0.1, 0.15) is 11.8 Å². The highest BCUT2D eigenvalue weighted by atomic mass is 35.5. The number of amides is 1. The van der Waals surface area contributed by atoms with E-state index in [-0.39, 0.29) is 12.6 Å². The average Bonchev–Trinajstić information content (AvgIpc) is 2.62. The number of benzene rings is 2. The Balaban J connectivity index is 2.14. The maximum absolute atomic E-state index is 12.7. The van der Waals surface area contributed by atoms with Crippen LogP contribution in [0.25, 0.3) is 0 Å². The molecule has 2 aromatic rings. The molecule has 2 aromatic carbocycles. The van der Waals surface area contributed by atoms with Gasteiger partial charge in [0.15, 0.2) is 0 Å². The molecule has 0 aliphatic rings. The zero-order chi connectivity index (χ0) is 21.8. The molecule has 158 valence electrons. The van der Waals surface area contributed by atoms with Crippen molar-refractivity contribution in [3.8, 4) is 5.75 Å². The molecule has 0 aliphatic heterocycles. The molecular formula is C21H27ClN2O4S. The van der Waals surface area contributed by atoms with Crippen LogP contribution in [0.4, 0.5) is 5.69 Å². The quantitative estimate of drug-likeness (QED) is 0.678. The van der Waals surface area contributed by atoms with Gasteiger partial charge < -0.3 is 10.1 Å². The van der Waals surface area contributed by atoms with Crippen LogP contribution in [-0.4, -0.2) is 32.7 Å². The van der Waals surface area contributed by atoms with E-state index in [1.807, 2.05) is 38.1 Å². The standard InChI is InChI=1S/C21H27ClN2O4S/c1-14(2)28-19-10-7-17(8-11-19)13-23-21(25)16(4)24(29(5,26)27)20-12-18(22)9-6-15(20)3/h6-12,14,16H,13H2,1-5H3,(H,23,25)/t16-/m0/s1. The number of anilines is 1. The van der Waals surface area contributed by atoms with Gasteiger partial charge in [0, 0.05) is 11.6 Å². The summed E-state index contributed by atoms with van der Waals surface area (Å²) in [7, 11) is -3.70. The molecule has 0 radical (unpaired) electrons. The fourth-order valence-corrected chi connectivity index (χ4v) is 4.29. The minimum atomic E-state index is -3.70. The van der Waals surface area contributed by atoms with Crippen molar-refractivity contribution in [3.05, 3.63) is 58.6 Å². The fourth-order valence-electron chi connectivity index (χ4n) is 2.90. The number of halogens is 1. The predicted molar refractivity (Wildman–Crippen MR) is 117 cm³/mol. The molecule has 29 heavy (non-hydrogen) atoms. The molecule has 8 heteroatoms. The second kappa shape index (κ2) is 9.50. The van der Waals surface area contributed by atoms with Gasteiger partial charge in [-0.1, -0.05) is 29.8 Å². The van der Waals surface area contributed by atoms with Crippen molar-refractivity contribution < 1.29 is 17.9 Å². The molecule has 0 aliphatic carbocycles. The van der Waals surface area contributed by atoms with E-state index in [0.717, 1.165) is 21.9 Å². The monoisotopic (exact) mass is 438 g/mol. The summed E-state index contributed by atoms with van der Waals surface area (Å²) in [4.78, 5) is 12.7. The zero-order valence-electron chi connectivity index (χ0n) is 17.3. The van der Waals surface area contributed by atoms with Crippen molar-refractivity contribution in [1.82, 2.24) is 5.32 Å². The third-order valence-corrected chi connectivity index (χ3v) is 5.72. The number of carbonyl (C=O) groups excluding carboxylic acids is 1. The van der Waals surface area contributed by atoms with Crippen LogP contribution in [0.1, 0.15) is 31.9 Å². The van der Waals surface area contributed by atoms with Crippen molar-refractivity contribution in [2.75, 3.05) is 10.6 Å². The van der Waals surface area contributed by atoms with Crippen molar-refractivity contribution in [2.24, 2.45) is 0 Å². The van der Waals surface area contributed by atoms with Crippen LogP contribution < -0.4 is 14.4 Å². The summed E-state index contributed by atoms with van der Waals surface area (Å²) in [6.45, 7) is 7.50. The Morgan fingerprint density at radius 2 is 1.76 bits per heavy atom. The lowest BCUT2D eigenvalue weighted by atomic mass is 10.1. The van der Waals surface area contributed by atoms with Crippen LogP contribution in [0.15, 0.2) is 42.5 Å². The van der Waals surface area contributed by atoms with E-state index >= 15 is 0 Å². The first kappa shape index (κ1) is 23.0. The van der Waals surface area contributed by atoms with E-state index in [2.05, 4.69) is 5.32 Å². The Kier molecular flexibility index (Phi) is 7.54. The molecule has 0 bridgehead atoms. The van der Waals surface area contributed by atoms with Crippen LogP contribution in [-0.2, 0) is 21.4 Å². The highest BCUT2D eigenvalue weighted by Gasteiger charge is 2.30. The topological polar surface area (TPSA) is 75.7 Å². The van der Waals surface area contributed by atoms with Gasteiger partial charge in [0.2, 0.25) is 15.9 Å². The Labute approximate surface area is 177 Å². The number of nitrogens with zero attached hydrogens (tertiary/aromatic N) is 1. The smallest absolute Gasteiger partial charge is 0.243 e. The number of carbonyl (C=O) groups is 1. The van der Waals surface area contributed by atoms with Crippen LogP contribution in [0.3, 0.4) is 0 Å². The van der Waals surface area contributed by atoms with Gasteiger partial charge in [0.05, 0.1) is 18.0 Å². The Morgan fingerprint density at radius 1 is 1.14 bits per heavy atom. The summed E-state index contributed by atoms with van der Waals surface area (Å²) in [5, 5.41) is 3.20. The van der Waals surface area contributed by atoms with E-state index in [1.165, 1.54) is 0 Å². The molecule has 0 aromatic heterocycles. The fraction of sp³-hybridized carbons (Fsp3) is 0.381. The largest absolute Gasteiger partial charge is 0.491 e. The summed E-state index contributed by atoms with van der Waals surface area (Å²) >= 11 is 6.05. The number of sulfonamides is 1. The number of hydrogen-bond acceptors (Lipinski definition) is 4. The number of hydrogen-bond donors (Lipinski definition) is 1. The lowest BCUT2D eigenvalue weighted by Gasteiger charge is -2.29. The summed E-state index contributed by atoms with van der Waals surface area (Å²) in [5.41, 5.74) is 1.98. The van der Waals surface area contributed by atoms with Crippen molar-refractivity contribution >= 4 is 33.2 Å². The molecule has 0 unspecified atom stereocenters. The summed E-state index contributed by atoms with van der Waals surface area (Å²) in [6.07, 6.45) is 1.16. The summed E-state index contributed by atoms with van der Waals surface area (Å²) in [5.74, 6) is 0.348.